The lowest BCUT2D eigenvalue weighted by molar-refractivity contribution is -0.146. The van der Waals surface area contributed by atoms with E-state index in [1.807, 2.05) is 35.9 Å². The van der Waals surface area contributed by atoms with E-state index in [9.17, 15) is 9.90 Å². The first-order valence-corrected chi connectivity index (χ1v) is 6.21. The van der Waals surface area contributed by atoms with Crippen LogP contribution in [0.25, 0.3) is 10.9 Å². The van der Waals surface area contributed by atoms with E-state index in [-0.39, 0.29) is 0 Å². The average Bonchev–Trinajstić information content (AvgIpc) is 2.65. The first kappa shape index (κ1) is 13.5. The third kappa shape index (κ3) is 2.43. The molecule has 0 unspecified atom stereocenters. The molecule has 0 atom stereocenters. The standard InChI is InChI=1S/C15H19NO3/c1-15(2,14(17)18)9-11-7-10-5-6-12(19-4)8-13(10)16(11)3/h5-8H,9H2,1-4H3,(H,17,18). The van der Waals surface area contributed by atoms with Gasteiger partial charge in [0.2, 0.25) is 0 Å². The first-order valence-electron chi connectivity index (χ1n) is 6.21. The van der Waals surface area contributed by atoms with Gasteiger partial charge in [-0.15, -0.1) is 0 Å². The lowest BCUT2D eigenvalue weighted by Crippen LogP contribution is -2.27. The number of methoxy groups -OCH3 is 1. The summed E-state index contributed by atoms with van der Waals surface area (Å²) < 4.78 is 7.25. The summed E-state index contributed by atoms with van der Waals surface area (Å²) in [5.74, 6) is 0.0214. The number of nitrogens with zero attached hydrogens (tertiary/aromatic N) is 1. The maximum Gasteiger partial charge on any atom is 0.309 e. The molecule has 0 saturated heterocycles. The number of carboxylic acid groups (broad SMARTS) is 1. The van der Waals surface area contributed by atoms with E-state index in [2.05, 4.69) is 0 Å². The van der Waals surface area contributed by atoms with E-state index in [1.165, 1.54) is 0 Å². The zero-order chi connectivity index (χ0) is 14.2. The highest BCUT2D eigenvalue weighted by molar-refractivity contribution is 5.83. The fourth-order valence-corrected chi connectivity index (χ4v) is 2.19. The molecule has 0 aliphatic carbocycles. The molecule has 102 valence electrons. The summed E-state index contributed by atoms with van der Waals surface area (Å²) in [5.41, 5.74) is 1.29. The maximum atomic E-state index is 11.2. The Balaban J connectivity index is 2.45. The lowest BCUT2D eigenvalue weighted by Gasteiger charge is -2.19. The molecule has 2 rings (SSSR count). The summed E-state index contributed by atoms with van der Waals surface area (Å²) in [6.07, 6.45) is 0.496. The van der Waals surface area contributed by atoms with Gasteiger partial charge in [0.1, 0.15) is 5.75 Å². The zero-order valence-corrected chi connectivity index (χ0v) is 11.7. The van der Waals surface area contributed by atoms with Crippen molar-refractivity contribution in [1.29, 1.82) is 0 Å². The second kappa shape index (κ2) is 4.61. The SMILES string of the molecule is COc1ccc2cc(CC(C)(C)C(=O)O)n(C)c2c1. The van der Waals surface area contributed by atoms with Crippen molar-refractivity contribution in [3.8, 4) is 5.75 Å². The summed E-state index contributed by atoms with van der Waals surface area (Å²) >= 11 is 0. The molecular formula is C15H19NO3. The van der Waals surface area contributed by atoms with Gasteiger partial charge in [0.25, 0.3) is 0 Å². The smallest absolute Gasteiger partial charge is 0.309 e. The number of carbonyl (C=O) groups is 1. The molecular weight excluding hydrogens is 242 g/mol. The van der Waals surface area contributed by atoms with E-state index in [4.69, 9.17) is 4.74 Å². The molecule has 1 aromatic carbocycles. The molecule has 4 heteroatoms. The molecule has 0 aliphatic rings. The first-order chi connectivity index (χ1) is 8.85. The molecule has 0 radical (unpaired) electrons. The third-order valence-electron chi connectivity index (χ3n) is 3.55. The third-order valence-corrected chi connectivity index (χ3v) is 3.55. The number of fused-ring (bicyclic) bond motifs is 1. The van der Waals surface area contributed by atoms with Gasteiger partial charge in [-0.2, -0.15) is 0 Å². The van der Waals surface area contributed by atoms with Crippen molar-refractivity contribution < 1.29 is 14.6 Å². The van der Waals surface area contributed by atoms with Crippen LogP contribution in [0.4, 0.5) is 0 Å². The minimum Gasteiger partial charge on any atom is -0.497 e. The summed E-state index contributed by atoms with van der Waals surface area (Å²) in [4.78, 5) is 11.2. The molecule has 0 aliphatic heterocycles. The second-order valence-electron chi connectivity index (χ2n) is 5.49. The Hall–Kier alpha value is -1.97. The zero-order valence-electron chi connectivity index (χ0n) is 11.7. The predicted octanol–water partition coefficient (Wildman–Crippen LogP) is 2.84. The van der Waals surface area contributed by atoms with E-state index in [1.54, 1.807) is 21.0 Å². The van der Waals surface area contributed by atoms with Crippen LogP contribution in [0.2, 0.25) is 0 Å². The van der Waals surface area contributed by atoms with E-state index in [0.29, 0.717) is 6.42 Å². The Kier molecular flexibility index (Phi) is 3.27. The Morgan fingerprint density at radius 3 is 2.63 bits per heavy atom. The van der Waals surface area contributed by atoms with Crippen LogP contribution < -0.4 is 4.74 Å². The van der Waals surface area contributed by atoms with Crippen molar-refractivity contribution in [2.45, 2.75) is 20.3 Å². The number of carboxylic acids is 1. The van der Waals surface area contributed by atoms with E-state index in [0.717, 1.165) is 22.3 Å². The van der Waals surface area contributed by atoms with Crippen molar-refractivity contribution in [3.05, 3.63) is 30.0 Å². The predicted molar refractivity (Wildman–Crippen MR) is 74.6 cm³/mol. The van der Waals surface area contributed by atoms with Crippen molar-refractivity contribution in [2.75, 3.05) is 7.11 Å². The number of aliphatic carboxylic acids is 1. The fraction of sp³-hybridized carbons (Fsp3) is 0.400. The number of aryl methyl sites for hydroxylation is 1. The number of rotatable bonds is 4. The lowest BCUT2D eigenvalue weighted by atomic mass is 9.88. The van der Waals surface area contributed by atoms with Crippen LogP contribution in [0, 0.1) is 5.41 Å². The maximum absolute atomic E-state index is 11.2. The topological polar surface area (TPSA) is 51.5 Å². The summed E-state index contributed by atoms with van der Waals surface area (Å²) in [7, 11) is 3.59. The van der Waals surface area contributed by atoms with Gasteiger partial charge < -0.3 is 14.4 Å². The molecule has 19 heavy (non-hydrogen) atoms. The summed E-state index contributed by atoms with van der Waals surface area (Å²) in [6.45, 7) is 3.49. The second-order valence-corrected chi connectivity index (χ2v) is 5.49. The summed E-state index contributed by atoms with van der Waals surface area (Å²) in [6, 6.07) is 7.91. The summed E-state index contributed by atoms with van der Waals surface area (Å²) in [5, 5.41) is 10.3. The quantitative estimate of drug-likeness (QED) is 0.920. The molecule has 0 spiro atoms. The van der Waals surface area contributed by atoms with Crippen LogP contribution in [0.3, 0.4) is 0 Å². The molecule has 2 aromatic rings. The number of benzene rings is 1. The molecule has 1 N–H and O–H groups in total. The normalized spacial score (nSPS) is 11.8. The van der Waals surface area contributed by atoms with Crippen LogP contribution >= 0.6 is 0 Å². The van der Waals surface area contributed by atoms with Crippen LogP contribution in [-0.2, 0) is 18.3 Å². The van der Waals surface area contributed by atoms with Crippen molar-refractivity contribution in [2.24, 2.45) is 12.5 Å². The van der Waals surface area contributed by atoms with E-state index >= 15 is 0 Å². The van der Waals surface area contributed by atoms with Crippen LogP contribution in [0.15, 0.2) is 24.3 Å². The largest absolute Gasteiger partial charge is 0.497 e. The van der Waals surface area contributed by atoms with Gasteiger partial charge in [-0.1, -0.05) is 0 Å². The van der Waals surface area contributed by atoms with Gasteiger partial charge in [-0.25, -0.2) is 0 Å². The van der Waals surface area contributed by atoms with Crippen LogP contribution in [-0.4, -0.2) is 22.8 Å². The molecule has 0 fully saturated rings. The van der Waals surface area contributed by atoms with Gasteiger partial charge >= 0.3 is 5.97 Å². The molecule has 4 nitrogen and oxygen atoms in total. The molecule has 0 amide bonds. The fourth-order valence-electron chi connectivity index (χ4n) is 2.19. The van der Waals surface area contributed by atoms with Crippen molar-refractivity contribution in [3.63, 3.8) is 0 Å². The number of hydrogen-bond acceptors (Lipinski definition) is 2. The van der Waals surface area contributed by atoms with Gasteiger partial charge in [0, 0.05) is 30.6 Å². The highest BCUT2D eigenvalue weighted by Gasteiger charge is 2.28. The van der Waals surface area contributed by atoms with Gasteiger partial charge in [0.15, 0.2) is 0 Å². The Bertz CT molecular complexity index is 626. The van der Waals surface area contributed by atoms with Crippen molar-refractivity contribution in [1.82, 2.24) is 4.57 Å². The molecule has 1 aromatic heterocycles. The Morgan fingerprint density at radius 2 is 2.05 bits per heavy atom. The monoisotopic (exact) mass is 261 g/mol. The number of aromatic nitrogens is 1. The van der Waals surface area contributed by atoms with Gasteiger partial charge in [-0.3, -0.25) is 4.79 Å². The minimum atomic E-state index is -0.782. The highest BCUT2D eigenvalue weighted by atomic mass is 16.5. The van der Waals surface area contributed by atoms with Gasteiger partial charge in [-0.05, 0) is 32.0 Å². The number of ether oxygens (including phenoxy) is 1. The van der Waals surface area contributed by atoms with Crippen molar-refractivity contribution >= 4 is 16.9 Å². The van der Waals surface area contributed by atoms with Crippen LogP contribution in [0.5, 0.6) is 5.75 Å². The van der Waals surface area contributed by atoms with Crippen LogP contribution in [0.1, 0.15) is 19.5 Å². The average molecular weight is 261 g/mol. The molecule has 0 bridgehead atoms. The number of hydrogen-bond donors (Lipinski definition) is 1. The molecule has 0 saturated carbocycles. The van der Waals surface area contributed by atoms with E-state index < -0.39 is 11.4 Å². The molecule has 1 heterocycles. The minimum absolute atomic E-state index is 0.496. The Morgan fingerprint density at radius 1 is 1.37 bits per heavy atom. The Labute approximate surface area is 112 Å². The van der Waals surface area contributed by atoms with Gasteiger partial charge in [0.05, 0.1) is 18.0 Å². The highest BCUT2D eigenvalue weighted by Crippen LogP contribution is 2.28.